The summed E-state index contributed by atoms with van der Waals surface area (Å²) in [5.74, 6) is 0.646. The lowest BCUT2D eigenvalue weighted by Gasteiger charge is -2.27. The normalized spacial score (nSPS) is 12.2. The lowest BCUT2D eigenvalue weighted by molar-refractivity contribution is 0.206. The molecule has 0 saturated carbocycles. The van der Waals surface area contributed by atoms with E-state index in [1.807, 2.05) is 18.2 Å². The molecule has 98 valence electrons. The van der Waals surface area contributed by atoms with Gasteiger partial charge in [0.2, 0.25) is 0 Å². The lowest BCUT2D eigenvalue weighted by Crippen LogP contribution is -2.31. The lowest BCUT2D eigenvalue weighted by atomic mass is 10.1. The molecule has 3 heteroatoms. The van der Waals surface area contributed by atoms with Crippen molar-refractivity contribution in [2.75, 3.05) is 13.7 Å². The SMILES string of the molecule is CCC(C)N(CC)Cc1ccc(OC)c(C#N)c1. The number of hydrogen-bond donors (Lipinski definition) is 0. The first-order valence-electron chi connectivity index (χ1n) is 6.47. The molecule has 0 spiro atoms. The third-order valence-electron chi connectivity index (χ3n) is 3.39. The van der Waals surface area contributed by atoms with Crippen LogP contribution in [0.15, 0.2) is 18.2 Å². The molecule has 0 aromatic heterocycles. The molecule has 0 bridgehead atoms. The number of ether oxygens (including phenoxy) is 1. The Bertz CT molecular complexity index is 423. The predicted octanol–water partition coefficient (Wildman–Crippen LogP) is 3.19. The maximum atomic E-state index is 9.08. The van der Waals surface area contributed by atoms with Crippen LogP contribution in [0.5, 0.6) is 5.75 Å². The summed E-state index contributed by atoms with van der Waals surface area (Å²) in [5.41, 5.74) is 1.77. The molecule has 0 N–H and O–H groups in total. The molecule has 1 unspecified atom stereocenters. The minimum Gasteiger partial charge on any atom is -0.495 e. The molecule has 18 heavy (non-hydrogen) atoms. The second kappa shape index (κ2) is 7.03. The van der Waals surface area contributed by atoms with Gasteiger partial charge in [-0.1, -0.05) is 19.9 Å². The monoisotopic (exact) mass is 246 g/mol. The van der Waals surface area contributed by atoms with Gasteiger partial charge in [-0.3, -0.25) is 4.90 Å². The van der Waals surface area contributed by atoms with E-state index < -0.39 is 0 Å². The fourth-order valence-corrected chi connectivity index (χ4v) is 2.01. The summed E-state index contributed by atoms with van der Waals surface area (Å²) >= 11 is 0. The summed E-state index contributed by atoms with van der Waals surface area (Å²) in [7, 11) is 1.59. The summed E-state index contributed by atoms with van der Waals surface area (Å²) in [6, 6.07) is 8.56. The number of hydrogen-bond acceptors (Lipinski definition) is 3. The molecule has 1 aromatic carbocycles. The number of rotatable bonds is 6. The van der Waals surface area contributed by atoms with E-state index >= 15 is 0 Å². The Kier molecular flexibility index (Phi) is 5.67. The van der Waals surface area contributed by atoms with Crippen LogP contribution in [0, 0.1) is 11.3 Å². The molecule has 0 amide bonds. The predicted molar refractivity (Wildman–Crippen MR) is 73.5 cm³/mol. The van der Waals surface area contributed by atoms with Gasteiger partial charge in [0.25, 0.3) is 0 Å². The number of methoxy groups -OCH3 is 1. The zero-order valence-electron chi connectivity index (χ0n) is 11.7. The van der Waals surface area contributed by atoms with Gasteiger partial charge in [-0.25, -0.2) is 0 Å². The molecule has 0 aliphatic carbocycles. The number of benzene rings is 1. The number of nitrogens with zero attached hydrogens (tertiary/aromatic N) is 2. The highest BCUT2D eigenvalue weighted by Crippen LogP contribution is 2.20. The fourth-order valence-electron chi connectivity index (χ4n) is 2.01. The van der Waals surface area contributed by atoms with Crippen LogP contribution in [0.1, 0.15) is 38.3 Å². The standard InChI is InChI=1S/C15H22N2O/c1-5-12(3)17(6-2)11-13-7-8-15(18-4)14(9-13)10-16/h7-9,12H,5-6,11H2,1-4H3. The van der Waals surface area contributed by atoms with E-state index in [0.29, 0.717) is 17.4 Å². The molecule has 0 aliphatic heterocycles. The Morgan fingerprint density at radius 1 is 1.39 bits per heavy atom. The quantitative estimate of drug-likeness (QED) is 0.773. The summed E-state index contributed by atoms with van der Waals surface area (Å²) in [4.78, 5) is 2.41. The largest absolute Gasteiger partial charge is 0.495 e. The van der Waals surface area contributed by atoms with Gasteiger partial charge in [-0.05, 0) is 37.6 Å². The van der Waals surface area contributed by atoms with Gasteiger partial charge in [0.1, 0.15) is 11.8 Å². The molecule has 0 aliphatic rings. The van der Waals surface area contributed by atoms with Gasteiger partial charge in [0.15, 0.2) is 0 Å². The van der Waals surface area contributed by atoms with Crippen molar-refractivity contribution in [3.05, 3.63) is 29.3 Å². The van der Waals surface area contributed by atoms with Crippen molar-refractivity contribution in [3.63, 3.8) is 0 Å². The van der Waals surface area contributed by atoms with Crippen LogP contribution >= 0.6 is 0 Å². The van der Waals surface area contributed by atoms with E-state index in [4.69, 9.17) is 10.00 Å². The first kappa shape index (κ1) is 14.5. The highest BCUT2D eigenvalue weighted by Gasteiger charge is 2.11. The van der Waals surface area contributed by atoms with Gasteiger partial charge in [-0.15, -0.1) is 0 Å². The molecule has 1 atom stereocenters. The van der Waals surface area contributed by atoms with Gasteiger partial charge in [0, 0.05) is 12.6 Å². The molecule has 1 aromatic rings. The van der Waals surface area contributed by atoms with E-state index in [2.05, 4.69) is 31.7 Å². The second-order valence-electron chi connectivity index (χ2n) is 4.47. The summed E-state index contributed by atoms with van der Waals surface area (Å²) in [6.45, 7) is 8.49. The van der Waals surface area contributed by atoms with Crippen molar-refractivity contribution >= 4 is 0 Å². The van der Waals surface area contributed by atoms with Gasteiger partial charge in [-0.2, -0.15) is 5.26 Å². The van der Waals surface area contributed by atoms with Crippen molar-refractivity contribution in [1.29, 1.82) is 5.26 Å². The Hall–Kier alpha value is -1.53. The topological polar surface area (TPSA) is 36.3 Å². The molecule has 3 nitrogen and oxygen atoms in total. The first-order chi connectivity index (χ1) is 8.65. The molecule has 0 heterocycles. The molecule has 0 radical (unpaired) electrons. The van der Waals surface area contributed by atoms with Crippen molar-refractivity contribution in [2.45, 2.75) is 39.8 Å². The van der Waals surface area contributed by atoms with Gasteiger partial charge >= 0.3 is 0 Å². The average Bonchev–Trinajstić information content (AvgIpc) is 2.43. The third-order valence-corrected chi connectivity index (χ3v) is 3.39. The zero-order chi connectivity index (χ0) is 13.5. The Labute approximate surface area is 110 Å². The van der Waals surface area contributed by atoms with Crippen LogP contribution in [0.3, 0.4) is 0 Å². The van der Waals surface area contributed by atoms with E-state index in [0.717, 1.165) is 25.1 Å². The zero-order valence-corrected chi connectivity index (χ0v) is 11.7. The fraction of sp³-hybridized carbons (Fsp3) is 0.533. The molecular weight excluding hydrogens is 224 g/mol. The minimum atomic E-state index is 0.558. The van der Waals surface area contributed by atoms with Crippen LogP contribution in [0.25, 0.3) is 0 Å². The summed E-state index contributed by atoms with van der Waals surface area (Å²) in [6.07, 6.45) is 1.13. The van der Waals surface area contributed by atoms with E-state index in [-0.39, 0.29) is 0 Å². The van der Waals surface area contributed by atoms with Crippen LogP contribution in [-0.2, 0) is 6.54 Å². The van der Waals surface area contributed by atoms with Crippen LogP contribution in [0.4, 0.5) is 0 Å². The highest BCUT2D eigenvalue weighted by atomic mass is 16.5. The van der Waals surface area contributed by atoms with E-state index in [9.17, 15) is 0 Å². The Balaban J connectivity index is 2.88. The Morgan fingerprint density at radius 3 is 2.61 bits per heavy atom. The van der Waals surface area contributed by atoms with Gasteiger partial charge in [0.05, 0.1) is 12.7 Å². The number of nitriles is 1. The maximum absolute atomic E-state index is 9.08. The smallest absolute Gasteiger partial charge is 0.136 e. The van der Waals surface area contributed by atoms with Crippen LogP contribution in [0.2, 0.25) is 0 Å². The van der Waals surface area contributed by atoms with Crippen molar-refractivity contribution in [1.82, 2.24) is 4.90 Å². The first-order valence-corrected chi connectivity index (χ1v) is 6.47. The van der Waals surface area contributed by atoms with Gasteiger partial charge < -0.3 is 4.74 Å². The second-order valence-corrected chi connectivity index (χ2v) is 4.47. The van der Waals surface area contributed by atoms with Crippen molar-refractivity contribution in [3.8, 4) is 11.8 Å². The summed E-state index contributed by atoms with van der Waals surface area (Å²) in [5, 5.41) is 9.08. The van der Waals surface area contributed by atoms with Crippen LogP contribution < -0.4 is 4.74 Å². The van der Waals surface area contributed by atoms with E-state index in [1.54, 1.807) is 7.11 Å². The molecule has 0 fully saturated rings. The maximum Gasteiger partial charge on any atom is 0.136 e. The molecule has 1 rings (SSSR count). The van der Waals surface area contributed by atoms with Crippen molar-refractivity contribution < 1.29 is 4.74 Å². The Morgan fingerprint density at radius 2 is 2.11 bits per heavy atom. The van der Waals surface area contributed by atoms with Crippen LogP contribution in [-0.4, -0.2) is 24.6 Å². The highest BCUT2D eigenvalue weighted by molar-refractivity contribution is 5.45. The average molecular weight is 246 g/mol. The molecule has 0 saturated heterocycles. The summed E-state index contributed by atoms with van der Waals surface area (Å²) < 4.78 is 5.16. The van der Waals surface area contributed by atoms with Crippen molar-refractivity contribution in [2.24, 2.45) is 0 Å². The third kappa shape index (κ3) is 3.48. The van der Waals surface area contributed by atoms with E-state index in [1.165, 1.54) is 0 Å². The molecular formula is C15H22N2O. The minimum absolute atomic E-state index is 0.558.